The maximum absolute atomic E-state index is 12.8. The zero-order valence-electron chi connectivity index (χ0n) is 17.4. The summed E-state index contributed by atoms with van der Waals surface area (Å²) >= 11 is 0. The average Bonchev–Trinajstić information content (AvgIpc) is 2.79. The largest absolute Gasteiger partial charge is 0.493 e. The van der Waals surface area contributed by atoms with Crippen LogP contribution in [0.15, 0.2) is 47.8 Å². The molecule has 0 aliphatic carbocycles. The number of ether oxygens (including phenoxy) is 2. The second kappa shape index (κ2) is 9.70. The first-order valence-corrected chi connectivity index (χ1v) is 9.50. The fraction of sp³-hybridized carbons (Fsp3) is 0.286. The molecule has 0 fully saturated rings. The highest BCUT2D eigenvalue weighted by atomic mass is 16.5. The molecule has 10 heteroatoms. The number of nitrogens with one attached hydrogen (secondary N) is 2. The van der Waals surface area contributed by atoms with Gasteiger partial charge in [0.05, 0.1) is 31.4 Å². The molecule has 0 unspecified atom stereocenters. The van der Waals surface area contributed by atoms with Crippen molar-refractivity contribution in [1.29, 1.82) is 0 Å². The third-order valence-corrected chi connectivity index (χ3v) is 4.63. The number of amides is 2. The molecule has 31 heavy (non-hydrogen) atoms. The molecule has 0 saturated carbocycles. The monoisotopic (exact) mass is 425 g/mol. The van der Waals surface area contributed by atoms with Crippen molar-refractivity contribution in [2.24, 2.45) is 0 Å². The Morgan fingerprint density at radius 1 is 1.13 bits per heavy atom. The number of nitrogens with zero attached hydrogens (tertiary/aromatic N) is 3. The van der Waals surface area contributed by atoms with Gasteiger partial charge in [-0.15, -0.1) is 0 Å². The Morgan fingerprint density at radius 2 is 1.81 bits per heavy atom. The van der Waals surface area contributed by atoms with Gasteiger partial charge in [-0.1, -0.05) is 0 Å². The van der Waals surface area contributed by atoms with E-state index >= 15 is 0 Å². The Bertz CT molecular complexity index is 1150. The van der Waals surface area contributed by atoms with Crippen LogP contribution in [0.4, 0.5) is 0 Å². The number of carbonyl (C=O) groups excluding carboxylic acids is 2. The van der Waals surface area contributed by atoms with Gasteiger partial charge in [-0.3, -0.25) is 23.9 Å². The van der Waals surface area contributed by atoms with Crippen molar-refractivity contribution in [1.82, 2.24) is 25.2 Å². The van der Waals surface area contributed by atoms with Crippen LogP contribution >= 0.6 is 0 Å². The van der Waals surface area contributed by atoms with Gasteiger partial charge in [0.2, 0.25) is 11.8 Å². The number of hydrogen-bond acceptors (Lipinski definition) is 7. The van der Waals surface area contributed by atoms with E-state index in [1.54, 1.807) is 37.5 Å². The van der Waals surface area contributed by atoms with Crippen LogP contribution in [0.5, 0.6) is 11.5 Å². The molecule has 0 aliphatic rings. The quantitative estimate of drug-likeness (QED) is 0.542. The second-order valence-electron chi connectivity index (χ2n) is 6.76. The first-order chi connectivity index (χ1) is 14.9. The fourth-order valence-corrected chi connectivity index (χ4v) is 2.95. The molecule has 2 amide bonds. The van der Waals surface area contributed by atoms with Crippen molar-refractivity contribution >= 4 is 22.7 Å². The van der Waals surface area contributed by atoms with Crippen molar-refractivity contribution in [3.8, 4) is 11.5 Å². The Balaban J connectivity index is 1.66. The minimum atomic E-state index is -0.775. The zero-order valence-corrected chi connectivity index (χ0v) is 17.4. The van der Waals surface area contributed by atoms with Crippen molar-refractivity contribution in [2.45, 2.75) is 26.1 Å². The predicted molar refractivity (Wildman–Crippen MR) is 113 cm³/mol. The third-order valence-electron chi connectivity index (χ3n) is 4.63. The van der Waals surface area contributed by atoms with Crippen LogP contribution < -0.4 is 25.7 Å². The number of fused-ring (bicyclic) bond motifs is 1. The van der Waals surface area contributed by atoms with Gasteiger partial charge >= 0.3 is 0 Å². The highest BCUT2D eigenvalue weighted by molar-refractivity contribution is 5.87. The smallest absolute Gasteiger partial charge is 0.261 e. The number of carbonyl (C=O) groups is 2. The van der Waals surface area contributed by atoms with E-state index in [9.17, 15) is 14.4 Å². The third kappa shape index (κ3) is 5.16. The summed E-state index contributed by atoms with van der Waals surface area (Å²) in [5, 5.41) is 5.61. The first-order valence-electron chi connectivity index (χ1n) is 9.50. The van der Waals surface area contributed by atoms with Gasteiger partial charge in [0.1, 0.15) is 12.6 Å². The van der Waals surface area contributed by atoms with E-state index in [4.69, 9.17) is 9.47 Å². The fourth-order valence-electron chi connectivity index (χ4n) is 2.95. The highest BCUT2D eigenvalue weighted by Crippen LogP contribution is 2.29. The molecule has 0 bridgehead atoms. The molecule has 3 aromatic rings. The maximum Gasteiger partial charge on any atom is 0.261 e. The van der Waals surface area contributed by atoms with Crippen molar-refractivity contribution in [2.75, 3.05) is 14.2 Å². The minimum Gasteiger partial charge on any atom is -0.493 e. The molecule has 162 valence electrons. The van der Waals surface area contributed by atoms with Crippen molar-refractivity contribution < 1.29 is 19.1 Å². The summed E-state index contributed by atoms with van der Waals surface area (Å²) in [6, 6.07) is 5.91. The second-order valence-corrected chi connectivity index (χ2v) is 6.76. The van der Waals surface area contributed by atoms with E-state index in [0.717, 1.165) is 5.56 Å². The molecule has 0 radical (unpaired) electrons. The number of aromatic nitrogens is 3. The Labute approximate surface area is 178 Å². The van der Waals surface area contributed by atoms with E-state index < -0.39 is 17.5 Å². The van der Waals surface area contributed by atoms with Gasteiger partial charge in [0.25, 0.3) is 5.56 Å². The summed E-state index contributed by atoms with van der Waals surface area (Å²) in [6.45, 7) is 1.61. The lowest BCUT2D eigenvalue weighted by molar-refractivity contribution is -0.129. The standard InChI is InChI=1S/C21H23N5O5/c1-13(20(28)23-10-14-4-6-22-7-5-14)25-19(27)11-26-12-24-16-9-18(31-3)17(30-2)8-15(16)21(26)29/h4-9,12-13H,10-11H2,1-3H3,(H,23,28)(H,25,27)/t13-/m1/s1. The lowest BCUT2D eigenvalue weighted by Crippen LogP contribution is -2.46. The number of pyridine rings is 1. The predicted octanol–water partition coefficient (Wildman–Crippen LogP) is 0.630. The maximum atomic E-state index is 12.8. The number of rotatable bonds is 8. The van der Waals surface area contributed by atoms with Crippen LogP contribution in [0.1, 0.15) is 12.5 Å². The molecule has 3 rings (SSSR count). The minimum absolute atomic E-state index is 0.280. The van der Waals surface area contributed by atoms with Crippen molar-refractivity contribution in [3.05, 3.63) is 58.9 Å². The SMILES string of the molecule is COc1cc2ncn(CC(=O)N[C@H](C)C(=O)NCc3ccncc3)c(=O)c2cc1OC. The zero-order chi connectivity index (χ0) is 22.4. The number of methoxy groups -OCH3 is 2. The summed E-state index contributed by atoms with van der Waals surface area (Å²) in [6.07, 6.45) is 4.55. The molecular formula is C21H23N5O5. The van der Waals surface area contributed by atoms with E-state index in [2.05, 4.69) is 20.6 Å². The van der Waals surface area contributed by atoms with Gasteiger partial charge in [-0.25, -0.2) is 4.98 Å². The van der Waals surface area contributed by atoms with Crippen LogP contribution in [0.3, 0.4) is 0 Å². The average molecular weight is 425 g/mol. The Hall–Kier alpha value is -3.95. The summed E-state index contributed by atoms with van der Waals surface area (Å²) in [5.41, 5.74) is 0.904. The molecule has 0 aliphatic heterocycles. The lowest BCUT2D eigenvalue weighted by atomic mass is 10.2. The molecule has 0 saturated heterocycles. The van der Waals surface area contributed by atoms with Gasteiger partial charge in [-0.05, 0) is 30.7 Å². The Morgan fingerprint density at radius 3 is 2.48 bits per heavy atom. The number of benzene rings is 1. The molecular weight excluding hydrogens is 402 g/mol. The van der Waals surface area contributed by atoms with E-state index in [-0.39, 0.29) is 17.8 Å². The van der Waals surface area contributed by atoms with E-state index in [1.165, 1.54) is 31.2 Å². The van der Waals surface area contributed by atoms with E-state index in [1.807, 2.05) is 0 Å². The summed E-state index contributed by atoms with van der Waals surface area (Å²) in [7, 11) is 2.96. The number of hydrogen-bond donors (Lipinski definition) is 2. The van der Waals surface area contributed by atoms with Crippen LogP contribution in [0, 0.1) is 0 Å². The van der Waals surface area contributed by atoms with Gasteiger partial charge in [0, 0.05) is 25.0 Å². The molecule has 0 spiro atoms. The molecule has 10 nitrogen and oxygen atoms in total. The first kappa shape index (κ1) is 21.8. The Kier molecular flexibility index (Phi) is 6.81. The molecule has 2 N–H and O–H groups in total. The van der Waals surface area contributed by atoms with Crippen LogP contribution in [0.25, 0.3) is 10.9 Å². The van der Waals surface area contributed by atoms with Gasteiger partial charge in [0.15, 0.2) is 11.5 Å². The highest BCUT2D eigenvalue weighted by Gasteiger charge is 2.17. The van der Waals surface area contributed by atoms with Gasteiger partial charge < -0.3 is 20.1 Å². The lowest BCUT2D eigenvalue weighted by Gasteiger charge is -2.15. The van der Waals surface area contributed by atoms with Crippen LogP contribution in [0.2, 0.25) is 0 Å². The summed E-state index contributed by atoms with van der Waals surface area (Å²) in [5.74, 6) is 0.000790. The molecule has 1 aromatic carbocycles. The molecule has 2 aromatic heterocycles. The molecule has 1 atom stereocenters. The summed E-state index contributed by atoms with van der Waals surface area (Å²) in [4.78, 5) is 45.5. The van der Waals surface area contributed by atoms with Crippen molar-refractivity contribution in [3.63, 3.8) is 0 Å². The molecule has 2 heterocycles. The summed E-state index contributed by atoms with van der Waals surface area (Å²) < 4.78 is 11.6. The van der Waals surface area contributed by atoms with Gasteiger partial charge in [-0.2, -0.15) is 0 Å². The van der Waals surface area contributed by atoms with Crippen LogP contribution in [-0.2, 0) is 22.7 Å². The van der Waals surface area contributed by atoms with Crippen LogP contribution in [-0.4, -0.2) is 46.6 Å². The normalized spacial score (nSPS) is 11.6. The topological polar surface area (TPSA) is 124 Å². The van der Waals surface area contributed by atoms with E-state index in [0.29, 0.717) is 23.6 Å².